The molecular formula is C15H18N4S. The molecule has 0 aliphatic carbocycles. The molecule has 0 saturated carbocycles. The van der Waals surface area contributed by atoms with Crippen LogP contribution in [0.4, 0.5) is 5.69 Å². The molecule has 0 radical (unpaired) electrons. The molecule has 20 heavy (non-hydrogen) atoms. The quantitative estimate of drug-likeness (QED) is 0.802. The number of fused-ring (bicyclic) bond motifs is 1. The number of anilines is 1. The third-order valence-electron chi connectivity index (χ3n) is 3.41. The normalized spacial score (nSPS) is 12.8. The van der Waals surface area contributed by atoms with Gasteiger partial charge in [-0.05, 0) is 17.7 Å². The minimum absolute atomic E-state index is 0.0178. The minimum atomic E-state index is -0.0178. The molecule has 1 atom stereocenters. The van der Waals surface area contributed by atoms with Gasteiger partial charge < -0.3 is 10.6 Å². The lowest BCUT2D eigenvalue weighted by atomic mass is 10.0. The van der Waals surface area contributed by atoms with E-state index in [2.05, 4.69) is 40.3 Å². The third kappa shape index (κ3) is 2.55. The molecule has 2 heterocycles. The zero-order valence-corrected chi connectivity index (χ0v) is 12.5. The highest BCUT2D eigenvalue weighted by Crippen LogP contribution is 2.20. The van der Waals surface area contributed by atoms with Crippen molar-refractivity contribution in [2.24, 2.45) is 5.73 Å². The molecule has 0 saturated heterocycles. The van der Waals surface area contributed by atoms with Crippen LogP contribution >= 0.6 is 11.3 Å². The fourth-order valence-corrected chi connectivity index (χ4v) is 2.96. The highest BCUT2D eigenvalue weighted by Gasteiger charge is 2.10. The maximum absolute atomic E-state index is 6.28. The van der Waals surface area contributed by atoms with Gasteiger partial charge in [-0.2, -0.15) is 0 Å². The summed E-state index contributed by atoms with van der Waals surface area (Å²) in [5, 5.41) is 2.03. The number of hydrogen-bond donors (Lipinski definition) is 1. The summed E-state index contributed by atoms with van der Waals surface area (Å²) < 4.78 is 2.04. The topological polar surface area (TPSA) is 46.6 Å². The first-order chi connectivity index (χ1) is 9.63. The largest absolute Gasteiger partial charge is 0.378 e. The summed E-state index contributed by atoms with van der Waals surface area (Å²) in [6.07, 6.45) is 4.84. The van der Waals surface area contributed by atoms with Crippen molar-refractivity contribution < 1.29 is 0 Å². The maximum Gasteiger partial charge on any atom is 0.193 e. The summed E-state index contributed by atoms with van der Waals surface area (Å²) in [4.78, 5) is 7.68. The van der Waals surface area contributed by atoms with Gasteiger partial charge in [-0.15, -0.1) is 11.3 Å². The Labute approximate surface area is 122 Å². The second-order valence-corrected chi connectivity index (χ2v) is 5.99. The van der Waals surface area contributed by atoms with Crippen molar-refractivity contribution >= 4 is 22.0 Å². The van der Waals surface area contributed by atoms with E-state index in [1.807, 2.05) is 30.1 Å². The fourth-order valence-electron chi connectivity index (χ4n) is 2.24. The Kier molecular flexibility index (Phi) is 3.46. The van der Waals surface area contributed by atoms with Crippen LogP contribution in [0.15, 0.2) is 42.0 Å². The van der Waals surface area contributed by atoms with Crippen LogP contribution in [0, 0.1) is 0 Å². The molecule has 2 N–H and O–H groups in total. The number of thiazole rings is 1. The van der Waals surface area contributed by atoms with Crippen LogP contribution in [0.2, 0.25) is 0 Å². The molecule has 3 rings (SSSR count). The van der Waals surface area contributed by atoms with E-state index in [-0.39, 0.29) is 6.04 Å². The summed E-state index contributed by atoms with van der Waals surface area (Å²) in [6.45, 7) is 0. The van der Waals surface area contributed by atoms with Gasteiger partial charge in [-0.3, -0.25) is 4.40 Å². The standard InChI is InChI=1S/C15H18N4S/c1-18(2)13-5-3-11(4-6-13)14(16)9-12-10-19-7-8-20-15(19)17-12/h3-8,10,14H,9,16H2,1-2H3. The van der Waals surface area contributed by atoms with Crippen LogP contribution in [0.25, 0.3) is 4.96 Å². The zero-order valence-electron chi connectivity index (χ0n) is 11.7. The van der Waals surface area contributed by atoms with Gasteiger partial charge in [0.2, 0.25) is 0 Å². The van der Waals surface area contributed by atoms with E-state index in [4.69, 9.17) is 5.73 Å². The van der Waals surface area contributed by atoms with Crippen LogP contribution in [-0.2, 0) is 6.42 Å². The zero-order chi connectivity index (χ0) is 14.1. The van der Waals surface area contributed by atoms with Gasteiger partial charge in [0.25, 0.3) is 0 Å². The van der Waals surface area contributed by atoms with Gasteiger partial charge in [-0.25, -0.2) is 4.98 Å². The molecule has 1 aromatic carbocycles. The number of rotatable bonds is 4. The highest BCUT2D eigenvalue weighted by molar-refractivity contribution is 7.15. The van der Waals surface area contributed by atoms with Crippen LogP contribution in [0.3, 0.4) is 0 Å². The maximum atomic E-state index is 6.28. The Morgan fingerprint density at radius 3 is 2.70 bits per heavy atom. The number of benzene rings is 1. The van der Waals surface area contributed by atoms with Crippen molar-refractivity contribution in [1.29, 1.82) is 0 Å². The van der Waals surface area contributed by atoms with Crippen LogP contribution < -0.4 is 10.6 Å². The number of aromatic nitrogens is 2. The summed E-state index contributed by atoms with van der Waals surface area (Å²) >= 11 is 1.64. The Balaban J connectivity index is 1.75. The lowest BCUT2D eigenvalue weighted by Gasteiger charge is -2.15. The van der Waals surface area contributed by atoms with Crippen molar-refractivity contribution in [3.05, 3.63) is 53.3 Å². The first-order valence-corrected chi connectivity index (χ1v) is 7.45. The molecular weight excluding hydrogens is 268 g/mol. The molecule has 0 spiro atoms. The van der Waals surface area contributed by atoms with E-state index in [0.29, 0.717) is 0 Å². The first kappa shape index (κ1) is 13.1. The Hall–Kier alpha value is -1.85. The third-order valence-corrected chi connectivity index (χ3v) is 4.18. The van der Waals surface area contributed by atoms with Crippen molar-refractivity contribution in [3.63, 3.8) is 0 Å². The van der Waals surface area contributed by atoms with E-state index in [9.17, 15) is 0 Å². The molecule has 4 nitrogen and oxygen atoms in total. The lowest BCUT2D eigenvalue weighted by molar-refractivity contribution is 0.710. The first-order valence-electron chi connectivity index (χ1n) is 6.57. The van der Waals surface area contributed by atoms with Gasteiger partial charge >= 0.3 is 0 Å². The molecule has 104 valence electrons. The van der Waals surface area contributed by atoms with Crippen molar-refractivity contribution in [2.75, 3.05) is 19.0 Å². The van der Waals surface area contributed by atoms with E-state index in [1.165, 1.54) is 5.69 Å². The Morgan fingerprint density at radius 2 is 2.05 bits per heavy atom. The molecule has 2 aromatic heterocycles. The predicted molar refractivity (Wildman–Crippen MR) is 84.5 cm³/mol. The minimum Gasteiger partial charge on any atom is -0.378 e. The molecule has 0 amide bonds. The molecule has 0 aliphatic rings. The van der Waals surface area contributed by atoms with E-state index in [1.54, 1.807) is 11.3 Å². The van der Waals surface area contributed by atoms with Crippen molar-refractivity contribution in [1.82, 2.24) is 9.38 Å². The SMILES string of the molecule is CN(C)c1ccc(C(N)Cc2cn3ccsc3n2)cc1. The summed E-state index contributed by atoms with van der Waals surface area (Å²) in [5.74, 6) is 0. The molecule has 0 aliphatic heterocycles. The number of nitrogens with two attached hydrogens (primary N) is 1. The van der Waals surface area contributed by atoms with Gasteiger partial charge in [0, 0.05) is 50.0 Å². The smallest absolute Gasteiger partial charge is 0.193 e. The van der Waals surface area contributed by atoms with E-state index in [0.717, 1.165) is 22.6 Å². The second kappa shape index (κ2) is 5.26. The molecule has 3 aromatic rings. The van der Waals surface area contributed by atoms with Gasteiger partial charge in [0.05, 0.1) is 5.69 Å². The van der Waals surface area contributed by atoms with Crippen molar-refractivity contribution in [2.45, 2.75) is 12.5 Å². The Bertz CT molecular complexity index is 668. The molecule has 0 bridgehead atoms. The molecule has 0 fully saturated rings. The van der Waals surface area contributed by atoms with Crippen LogP contribution in [-0.4, -0.2) is 23.5 Å². The van der Waals surface area contributed by atoms with Crippen LogP contribution in [0.1, 0.15) is 17.3 Å². The number of nitrogens with zero attached hydrogens (tertiary/aromatic N) is 3. The van der Waals surface area contributed by atoms with E-state index < -0.39 is 0 Å². The summed E-state index contributed by atoms with van der Waals surface area (Å²) in [6, 6.07) is 8.37. The number of hydrogen-bond acceptors (Lipinski definition) is 4. The van der Waals surface area contributed by atoms with Gasteiger partial charge in [0.15, 0.2) is 4.96 Å². The lowest BCUT2D eigenvalue weighted by Crippen LogP contribution is -2.14. The number of imidazole rings is 1. The average Bonchev–Trinajstić information content (AvgIpc) is 2.99. The van der Waals surface area contributed by atoms with Gasteiger partial charge in [-0.1, -0.05) is 12.1 Å². The fraction of sp³-hybridized carbons (Fsp3) is 0.267. The summed E-state index contributed by atoms with van der Waals surface area (Å²) in [7, 11) is 4.07. The summed E-state index contributed by atoms with van der Waals surface area (Å²) in [5.41, 5.74) is 9.66. The van der Waals surface area contributed by atoms with Crippen LogP contribution in [0.5, 0.6) is 0 Å². The second-order valence-electron chi connectivity index (χ2n) is 5.12. The molecule has 5 heteroatoms. The van der Waals surface area contributed by atoms with Gasteiger partial charge in [0.1, 0.15) is 0 Å². The van der Waals surface area contributed by atoms with Crippen molar-refractivity contribution in [3.8, 4) is 0 Å². The Morgan fingerprint density at radius 1 is 1.30 bits per heavy atom. The average molecular weight is 286 g/mol. The van der Waals surface area contributed by atoms with E-state index >= 15 is 0 Å². The monoisotopic (exact) mass is 286 g/mol. The molecule has 1 unspecified atom stereocenters. The predicted octanol–water partition coefficient (Wildman–Crippen LogP) is 2.70. The highest BCUT2D eigenvalue weighted by atomic mass is 32.1.